The fourth-order valence-electron chi connectivity index (χ4n) is 3.05. The van der Waals surface area contributed by atoms with E-state index in [1.165, 1.54) is 18.2 Å². The largest absolute Gasteiger partial charge is 0.486 e. The molecule has 0 saturated carbocycles. The van der Waals surface area contributed by atoms with Gasteiger partial charge in [0.05, 0.1) is 4.90 Å². The number of anilines is 1. The number of nitrogens with two attached hydrogens (primary N) is 1. The zero-order chi connectivity index (χ0) is 20.9. The summed E-state index contributed by atoms with van der Waals surface area (Å²) in [5.41, 5.74) is 0.394. The van der Waals surface area contributed by atoms with E-state index in [0.717, 1.165) is 18.0 Å². The van der Waals surface area contributed by atoms with Crippen molar-refractivity contribution in [3.63, 3.8) is 0 Å². The van der Waals surface area contributed by atoms with Crippen molar-refractivity contribution in [1.82, 2.24) is 4.90 Å². The fraction of sp³-hybridized carbons (Fsp3) is 0.350. The van der Waals surface area contributed by atoms with Gasteiger partial charge in [-0.1, -0.05) is 25.1 Å². The lowest BCUT2D eigenvalue weighted by Gasteiger charge is -2.30. The highest BCUT2D eigenvalue weighted by atomic mass is 32.2. The van der Waals surface area contributed by atoms with Crippen LogP contribution in [0.1, 0.15) is 13.3 Å². The number of rotatable bonds is 8. The van der Waals surface area contributed by atoms with Crippen LogP contribution in [-0.4, -0.2) is 51.6 Å². The van der Waals surface area contributed by atoms with Crippen molar-refractivity contribution in [1.29, 1.82) is 0 Å². The molecular formula is C20H25N3O5S. The normalized spacial score (nSPS) is 15.9. The van der Waals surface area contributed by atoms with Crippen LogP contribution in [0.5, 0.6) is 11.5 Å². The number of fused-ring (bicyclic) bond motifs is 1. The molecule has 29 heavy (non-hydrogen) atoms. The maximum atomic E-state index is 12.3. The number of para-hydroxylation sites is 2. The lowest BCUT2D eigenvalue weighted by molar-refractivity contribution is -0.116. The number of carbonyl (C=O) groups is 1. The van der Waals surface area contributed by atoms with E-state index in [1.54, 1.807) is 6.07 Å². The molecule has 9 heteroatoms. The van der Waals surface area contributed by atoms with Gasteiger partial charge in [-0.3, -0.25) is 9.69 Å². The first-order valence-corrected chi connectivity index (χ1v) is 10.9. The Kier molecular flexibility index (Phi) is 6.73. The Morgan fingerprint density at radius 3 is 2.69 bits per heavy atom. The Bertz CT molecular complexity index is 964. The van der Waals surface area contributed by atoms with Crippen molar-refractivity contribution >= 4 is 21.6 Å². The van der Waals surface area contributed by atoms with Crippen molar-refractivity contribution in [2.24, 2.45) is 5.14 Å². The first kappa shape index (κ1) is 21.1. The molecule has 0 fully saturated rings. The Morgan fingerprint density at radius 2 is 1.97 bits per heavy atom. The highest BCUT2D eigenvalue weighted by Gasteiger charge is 2.22. The summed E-state index contributed by atoms with van der Waals surface area (Å²) in [5, 5.41) is 7.83. The Morgan fingerprint density at radius 1 is 1.21 bits per heavy atom. The number of ether oxygens (including phenoxy) is 2. The van der Waals surface area contributed by atoms with Gasteiger partial charge in [0.15, 0.2) is 11.5 Å². The van der Waals surface area contributed by atoms with Crippen molar-refractivity contribution < 1.29 is 22.7 Å². The average Bonchev–Trinajstić information content (AvgIpc) is 2.70. The first-order chi connectivity index (χ1) is 13.8. The maximum absolute atomic E-state index is 12.3. The molecule has 3 rings (SSSR count). The second kappa shape index (κ2) is 9.25. The molecule has 2 aromatic carbocycles. The molecule has 0 radical (unpaired) electrons. The first-order valence-electron chi connectivity index (χ1n) is 9.38. The molecule has 156 valence electrons. The van der Waals surface area contributed by atoms with E-state index in [2.05, 4.69) is 10.2 Å². The second-order valence-electron chi connectivity index (χ2n) is 6.76. The van der Waals surface area contributed by atoms with Crippen LogP contribution in [0.2, 0.25) is 0 Å². The van der Waals surface area contributed by atoms with Gasteiger partial charge in [-0.2, -0.15) is 0 Å². The molecule has 1 amide bonds. The standard InChI is InChI=1S/C20H25N3O5S/c1-2-23(13-16-14-27-18-8-3-4-9-19(18)28-16)11-10-20(24)22-15-6-5-7-17(12-15)29(21,25)26/h3-9,12,16H,2,10-11,13-14H2,1H3,(H,22,24)(H2,21,25,26). The molecule has 1 unspecified atom stereocenters. The molecule has 1 aliphatic rings. The number of benzene rings is 2. The molecule has 0 aliphatic carbocycles. The van der Waals surface area contributed by atoms with E-state index in [-0.39, 0.29) is 23.3 Å². The zero-order valence-electron chi connectivity index (χ0n) is 16.2. The molecule has 0 aromatic heterocycles. The van der Waals surface area contributed by atoms with Gasteiger partial charge in [-0.15, -0.1) is 0 Å². The Balaban J connectivity index is 1.50. The Hall–Kier alpha value is -2.62. The van der Waals surface area contributed by atoms with Gasteiger partial charge in [0.25, 0.3) is 0 Å². The van der Waals surface area contributed by atoms with Crippen LogP contribution in [-0.2, 0) is 14.8 Å². The molecule has 0 spiro atoms. The summed E-state index contributed by atoms with van der Waals surface area (Å²) in [7, 11) is -3.81. The van der Waals surface area contributed by atoms with Crippen LogP contribution in [0, 0.1) is 0 Å². The number of hydrogen-bond acceptors (Lipinski definition) is 6. The monoisotopic (exact) mass is 419 g/mol. The minimum absolute atomic E-state index is 0.0415. The Labute approximate surface area is 170 Å². The summed E-state index contributed by atoms with van der Waals surface area (Å²) in [5.74, 6) is 1.27. The van der Waals surface area contributed by atoms with Crippen molar-refractivity contribution in [2.75, 3.05) is 31.6 Å². The average molecular weight is 420 g/mol. The van der Waals surface area contributed by atoms with Crippen LogP contribution in [0.4, 0.5) is 5.69 Å². The number of likely N-dealkylation sites (N-methyl/N-ethyl adjacent to an activating group) is 1. The molecule has 2 aromatic rings. The third kappa shape index (κ3) is 5.93. The van der Waals surface area contributed by atoms with E-state index < -0.39 is 10.0 Å². The minimum atomic E-state index is -3.81. The summed E-state index contributed by atoms with van der Waals surface area (Å²) < 4.78 is 34.6. The summed E-state index contributed by atoms with van der Waals surface area (Å²) in [6, 6.07) is 13.4. The molecule has 8 nitrogen and oxygen atoms in total. The maximum Gasteiger partial charge on any atom is 0.238 e. The molecule has 3 N–H and O–H groups in total. The van der Waals surface area contributed by atoms with E-state index in [1.807, 2.05) is 31.2 Å². The molecule has 0 saturated heterocycles. The van der Waals surface area contributed by atoms with Gasteiger partial charge in [-0.25, -0.2) is 13.6 Å². The van der Waals surface area contributed by atoms with E-state index in [0.29, 0.717) is 25.4 Å². The lowest BCUT2D eigenvalue weighted by atomic mass is 10.2. The summed E-state index contributed by atoms with van der Waals surface area (Å²) in [6.45, 7) is 4.42. The van der Waals surface area contributed by atoms with Gasteiger partial charge < -0.3 is 14.8 Å². The van der Waals surface area contributed by atoms with Crippen LogP contribution in [0.15, 0.2) is 53.4 Å². The van der Waals surface area contributed by atoms with Gasteiger partial charge in [-0.05, 0) is 36.9 Å². The predicted molar refractivity (Wildman–Crippen MR) is 110 cm³/mol. The number of sulfonamides is 1. The molecular weight excluding hydrogens is 394 g/mol. The zero-order valence-corrected chi connectivity index (χ0v) is 17.0. The second-order valence-corrected chi connectivity index (χ2v) is 8.32. The third-order valence-electron chi connectivity index (χ3n) is 4.58. The van der Waals surface area contributed by atoms with Crippen LogP contribution in [0.3, 0.4) is 0 Å². The van der Waals surface area contributed by atoms with E-state index in [9.17, 15) is 13.2 Å². The number of carbonyl (C=O) groups excluding carboxylic acids is 1. The topological polar surface area (TPSA) is 111 Å². The minimum Gasteiger partial charge on any atom is -0.486 e. The number of amides is 1. The smallest absolute Gasteiger partial charge is 0.238 e. The number of nitrogens with one attached hydrogen (secondary N) is 1. The van der Waals surface area contributed by atoms with E-state index >= 15 is 0 Å². The number of primary sulfonamides is 1. The van der Waals surface area contributed by atoms with Crippen LogP contribution in [0.25, 0.3) is 0 Å². The highest BCUT2D eigenvalue weighted by Crippen LogP contribution is 2.31. The molecule has 0 bridgehead atoms. The lowest BCUT2D eigenvalue weighted by Crippen LogP contribution is -2.41. The van der Waals surface area contributed by atoms with Crippen LogP contribution < -0.4 is 19.9 Å². The summed E-state index contributed by atoms with van der Waals surface area (Å²) >= 11 is 0. The number of hydrogen-bond donors (Lipinski definition) is 2. The predicted octanol–water partition coefficient (Wildman–Crippen LogP) is 1.82. The van der Waals surface area contributed by atoms with Gasteiger partial charge in [0.2, 0.25) is 15.9 Å². The van der Waals surface area contributed by atoms with Crippen molar-refractivity contribution in [3.8, 4) is 11.5 Å². The van der Waals surface area contributed by atoms with Crippen LogP contribution >= 0.6 is 0 Å². The summed E-state index contributed by atoms with van der Waals surface area (Å²) in [4.78, 5) is 14.3. The highest BCUT2D eigenvalue weighted by molar-refractivity contribution is 7.89. The molecule has 1 aliphatic heterocycles. The van der Waals surface area contributed by atoms with Gasteiger partial charge in [0, 0.05) is 25.2 Å². The molecule has 1 heterocycles. The molecule has 1 atom stereocenters. The fourth-order valence-corrected chi connectivity index (χ4v) is 3.61. The number of nitrogens with zero attached hydrogens (tertiary/aromatic N) is 1. The van der Waals surface area contributed by atoms with E-state index in [4.69, 9.17) is 14.6 Å². The van der Waals surface area contributed by atoms with Gasteiger partial charge in [0.1, 0.15) is 12.7 Å². The summed E-state index contributed by atoms with van der Waals surface area (Å²) in [6.07, 6.45) is 0.150. The van der Waals surface area contributed by atoms with Crippen molar-refractivity contribution in [2.45, 2.75) is 24.3 Å². The quantitative estimate of drug-likeness (QED) is 0.675. The van der Waals surface area contributed by atoms with Gasteiger partial charge >= 0.3 is 0 Å². The van der Waals surface area contributed by atoms with Crippen molar-refractivity contribution in [3.05, 3.63) is 48.5 Å². The SMILES string of the molecule is CCN(CCC(=O)Nc1cccc(S(N)(=O)=O)c1)CC1COc2ccccc2O1. The third-order valence-corrected chi connectivity index (χ3v) is 5.49.